The predicted molar refractivity (Wildman–Crippen MR) is 114 cm³/mol. The van der Waals surface area contributed by atoms with E-state index in [2.05, 4.69) is 33.6 Å². The highest BCUT2D eigenvalue weighted by atomic mass is 79.9. The van der Waals surface area contributed by atoms with Crippen LogP contribution in [0.5, 0.6) is 0 Å². The number of nitrogens with zero attached hydrogens (tertiary/aromatic N) is 1. The molecule has 0 aromatic heterocycles. The molecule has 0 radical (unpaired) electrons. The van der Waals surface area contributed by atoms with E-state index in [4.69, 9.17) is 4.74 Å². The summed E-state index contributed by atoms with van der Waals surface area (Å²) in [5, 5.41) is 3.52. The monoisotopic (exact) mass is 495 g/mol. The van der Waals surface area contributed by atoms with Gasteiger partial charge in [-0.15, -0.1) is 0 Å². The minimum atomic E-state index is -0.920. The Kier molecular flexibility index (Phi) is 4.92. The van der Waals surface area contributed by atoms with E-state index in [-0.39, 0.29) is 10.3 Å². The predicted octanol–water partition coefficient (Wildman–Crippen LogP) is 2.80. The Morgan fingerprint density at radius 2 is 1.81 bits per heavy atom. The number of urea groups is 1. The fraction of sp³-hybridized carbons (Fsp3) is 0.818. The van der Waals surface area contributed by atoms with Gasteiger partial charge in [0, 0.05) is 4.32 Å². The van der Waals surface area contributed by atoms with E-state index >= 15 is 0 Å². The lowest BCUT2D eigenvalue weighted by molar-refractivity contribution is -0.171. The molecule has 6 fully saturated rings. The van der Waals surface area contributed by atoms with Gasteiger partial charge >= 0.3 is 12.0 Å². The third-order valence-corrected chi connectivity index (χ3v) is 9.21. The minimum absolute atomic E-state index is 0.0181. The van der Waals surface area contributed by atoms with E-state index in [1.807, 2.05) is 0 Å². The summed E-state index contributed by atoms with van der Waals surface area (Å²) in [5.74, 6) is 0.157. The molecular formula is C22H30BrN3O5. The third kappa shape index (κ3) is 3.56. The number of imide groups is 1. The van der Waals surface area contributed by atoms with E-state index in [1.54, 1.807) is 0 Å². The maximum atomic E-state index is 13.0. The van der Waals surface area contributed by atoms with Gasteiger partial charge in [0.1, 0.15) is 5.54 Å². The number of hydrogen-bond acceptors (Lipinski definition) is 5. The van der Waals surface area contributed by atoms with E-state index in [1.165, 1.54) is 6.42 Å². The van der Waals surface area contributed by atoms with E-state index in [9.17, 15) is 19.2 Å². The number of amides is 4. The van der Waals surface area contributed by atoms with Crippen LogP contribution >= 0.6 is 15.9 Å². The summed E-state index contributed by atoms with van der Waals surface area (Å²) in [6.07, 6.45) is 8.62. The smallest absolute Gasteiger partial charge is 0.344 e. The Balaban J connectivity index is 1.18. The van der Waals surface area contributed by atoms with Crippen LogP contribution in [0.1, 0.15) is 71.1 Å². The summed E-state index contributed by atoms with van der Waals surface area (Å²) in [7, 11) is 0. The molecule has 6 rings (SSSR count). The van der Waals surface area contributed by atoms with Crippen LogP contribution < -0.4 is 10.7 Å². The summed E-state index contributed by atoms with van der Waals surface area (Å²) >= 11 is 3.88. The van der Waals surface area contributed by atoms with Gasteiger partial charge in [-0.2, -0.15) is 5.01 Å². The first kappa shape index (κ1) is 21.2. The highest BCUT2D eigenvalue weighted by Gasteiger charge is 2.60. The van der Waals surface area contributed by atoms with Crippen molar-refractivity contribution in [3.63, 3.8) is 0 Å². The molecule has 9 heteroatoms. The van der Waals surface area contributed by atoms with E-state index in [0.717, 1.165) is 50.0 Å². The highest BCUT2D eigenvalue weighted by molar-refractivity contribution is 9.10. The maximum Gasteiger partial charge on any atom is 0.344 e. The topological polar surface area (TPSA) is 105 Å². The average molecular weight is 496 g/mol. The fourth-order valence-corrected chi connectivity index (χ4v) is 8.60. The summed E-state index contributed by atoms with van der Waals surface area (Å²) in [5.41, 5.74) is 0.908. The van der Waals surface area contributed by atoms with Gasteiger partial charge in [0.25, 0.3) is 11.8 Å². The summed E-state index contributed by atoms with van der Waals surface area (Å²) in [4.78, 5) is 50.6. The maximum absolute atomic E-state index is 13.0. The van der Waals surface area contributed by atoms with Crippen LogP contribution in [0.15, 0.2) is 0 Å². The number of hydrogen-bond donors (Lipinski definition) is 2. The van der Waals surface area contributed by atoms with E-state index in [0.29, 0.717) is 30.6 Å². The van der Waals surface area contributed by atoms with Gasteiger partial charge in [-0.25, -0.2) is 4.79 Å². The normalized spacial score (nSPS) is 43.3. The van der Waals surface area contributed by atoms with Crippen molar-refractivity contribution >= 4 is 39.7 Å². The molecule has 5 aliphatic carbocycles. The Morgan fingerprint density at radius 3 is 2.42 bits per heavy atom. The van der Waals surface area contributed by atoms with Gasteiger partial charge in [0.15, 0.2) is 6.61 Å². The molecule has 0 aromatic rings. The van der Waals surface area contributed by atoms with Gasteiger partial charge in [-0.05, 0) is 82.0 Å². The number of esters is 1. The Labute approximate surface area is 190 Å². The molecule has 1 spiro atoms. The number of nitrogens with one attached hydrogen (secondary N) is 2. The number of ether oxygens (including phenoxy) is 1. The summed E-state index contributed by atoms with van der Waals surface area (Å²) < 4.78 is 5.44. The lowest BCUT2D eigenvalue weighted by Gasteiger charge is -2.58. The van der Waals surface area contributed by atoms with Crippen LogP contribution in [0.4, 0.5) is 4.79 Å². The summed E-state index contributed by atoms with van der Waals surface area (Å²) in [6.45, 7) is 1.63. The molecule has 1 saturated heterocycles. The Morgan fingerprint density at radius 1 is 1.16 bits per heavy atom. The lowest BCUT2D eigenvalue weighted by atomic mass is 9.49. The molecule has 5 saturated carbocycles. The molecule has 1 aliphatic heterocycles. The van der Waals surface area contributed by atoms with Crippen LogP contribution in [0, 0.1) is 23.2 Å². The van der Waals surface area contributed by atoms with Crippen LogP contribution in [0.25, 0.3) is 0 Å². The number of hydrazine groups is 1. The average Bonchev–Trinajstić information content (AvgIpc) is 2.91. The van der Waals surface area contributed by atoms with Gasteiger partial charge in [0.2, 0.25) is 0 Å². The molecule has 8 nitrogen and oxygen atoms in total. The largest absolute Gasteiger partial charge is 0.455 e. The second-order valence-corrected chi connectivity index (χ2v) is 12.5. The summed E-state index contributed by atoms with van der Waals surface area (Å²) in [6, 6.07) is -0.624. The third-order valence-electron chi connectivity index (χ3n) is 8.28. The molecule has 2 atom stereocenters. The molecule has 4 bridgehead atoms. The van der Waals surface area contributed by atoms with Crippen molar-refractivity contribution in [3.05, 3.63) is 0 Å². The zero-order chi connectivity index (χ0) is 22.0. The van der Waals surface area contributed by atoms with Crippen molar-refractivity contribution < 1.29 is 23.9 Å². The zero-order valence-corrected chi connectivity index (χ0v) is 19.5. The number of halogens is 1. The fourth-order valence-electron chi connectivity index (χ4n) is 7.15. The van der Waals surface area contributed by atoms with Crippen molar-refractivity contribution in [2.24, 2.45) is 23.2 Å². The van der Waals surface area contributed by atoms with Crippen LogP contribution in [0.3, 0.4) is 0 Å². The molecule has 31 heavy (non-hydrogen) atoms. The minimum Gasteiger partial charge on any atom is -0.455 e. The van der Waals surface area contributed by atoms with Gasteiger partial charge < -0.3 is 10.1 Å². The molecule has 1 heterocycles. The molecule has 6 aliphatic rings. The quantitative estimate of drug-likeness (QED) is 0.354. The SMILES string of the molecule is CC1CCC2(CC1)NC(=O)N(NC(=O)COC(=O)C13CC4CC(CC(Br)(C4)C1)C3)C2=O. The first-order valence-corrected chi connectivity index (χ1v) is 12.2. The Bertz CT molecular complexity index is 823. The number of carbonyl (C=O) groups excluding carboxylic acids is 4. The van der Waals surface area contributed by atoms with Crippen LogP contribution in [-0.4, -0.2) is 45.3 Å². The Hall–Kier alpha value is -1.64. The number of carbonyl (C=O) groups is 4. The second-order valence-electron chi connectivity index (χ2n) is 10.8. The zero-order valence-electron chi connectivity index (χ0n) is 17.9. The van der Waals surface area contributed by atoms with Gasteiger partial charge in [-0.1, -0.05) is 22.9 Å². The number of alkyl halides is 1. The van der Waals surface area contributed by atoms with Gasteiger partial charge in [0.05, 0.1) is 5.41 Å². The van der Waals surface area contributed by atoms with Crippen molar-refractivity contribution in [3.8, 4) is 0 Å². The first-order chi connectivity index (χ1) is 14.6. The molecule has 4 amide bonds. The number of rotatable bonds is 4. The van der Waals surface area contributed by atoms with Gasteiger partial charge in [-0.3, -0.25) is 19.8 Å². The van der Waals surface area contributed by atoms with Crippen LogP contribution in [0.2, 0.25) is 0 Å². The lowest BCUT2D eigenvalue weighted by Crippen LogP contribution is -2.56. The first-order valence-electron chi connectivity index (χ1n) is 11.4. The molecule has 0 aromatic carbocycles. The van der Waals surface area contributed by atoms with Crippen molar-refractivity contribution in [1.82, 2.24) is 15.8 Å². The molecule has 2 unspecified atom stereocenters. The van der Waals surface area contributed by atoms with E-state index < -0.39 is 35.4 Å². The van der Waals surface area contributed by atoms with Crippen molar-refractivity contribution in [2.45, 2.75) is 81.0 Å². The van der Waals surface area contributed by atoms with Crippen molar-refractivity contribution in [2.75, 3.05) is 6.61 Å². The van der Waals surface area contributed by atoms with Crippen LogP contribution in [-0.2, 0) is 19.1 Å². The molecular weight excluding hydrogens is 466 g/mol. The van der Waals surface area contributed by atoms with Crippen molar-refractivity contribution in [1.29, 1.82) is 0 Å². The standard InChI is InChI=1S/C22H30BrN3O5/c1-13-2-4-22(5-3-13)17(28)26(19(30)24-22)25-16(27)11-31-18(29)20-7-14-6-15(8-20)10-21(23,9-14)12-20/h13-15H,2-12H2,1H3,(H,24,30)(H,25,27). The molecule has 170 valence electrons. The second kappa shape index (κ2) is 7.18. The molecule has 2 N–H and O–H groups in total. The highest BCUT2D eigenvalue weighted by Crippen LogP contribution is 2.64.